The molecule has 5 heteroatoms. The van der Waals surface area contributed by atoms with Gasteiger partial charge in [0, 0.05) is 24.4 Å². The van der Waals surface area contributed by atoms with E-state index < -0.39 is 0 Å². The quantitative estimate of drug-likeness (QED) is 0.853. The van der Waals surface area contributed by atoms with E-state index in [0.29, 0.717) is 25.1 Å². The molecule has 0 aromatic heterocycles. The van der Waals surface area contributed by atoms with E-state index in [2.05, 4.69) is 5.32 Å². The number of benzene rings is 1. The van der Waals surface area contributed by atoms with Crippen molar-refractivity contribution in [1.29, 1.82) is 0 Å². The highest BCUT2D eigenvalue weighted by Crippen LogP contribution is 2.17. The second-order valence-electron chi connectivity index (χ2n) is 5.21. The molecule has 20 heavy (non-hydrogen) atoms. The smallest absolute Gasteiger partial charge is 0.229 e. The molecule has 0 unspecified atom stereocenters. The number of rotatable bonds is 4. The van der Waals surface area contributed by atoms with Crippen molar-refractivity contribution < 1.29 is 14.4 Å². The molecular formula is C15H18N2O3. The molecule has 1 aromatic rings. The van der Waals surface area contributed by atoms with Crippen molar-refractivity contribution in [2.45, 2.75) is 33.2 Å². The van der Waals surface area contributed by atoms with Gasteiger partial charge in [-0.1, -0.05) is 26.0 Å². The van der Waals surface area contributed by atoms with Crippen molar-refractivity contribution in [3.8, 4) is 0 Å². The van der Waals surface area contributed by atoms with Crippen LogP contribution in [0.1, 0.15) is 32.3 Å². The van der Waals surface area contributed by atoms with Gasteiger partial charge in [-0.2, -0.15) is 0 Å². The van der Waals surface area contributed by atoms with E-state index in [-0.39, 0.29) is 23.6 Å². The summed E-state index contributed by atoms with van der Waals surface area (Å²) in [6.07, 6.45) is 0.614. The van der Waals surface area contributed by atoms with Crippen LogP contribution in [0, 0.1) is 5.92 Å². The lowest BCUT2D eigenvalue weighted by atomic mass is 10.1. The number of carbonyl (C=O) groups is 3. The fraction of sp³-hybridized carbons (Fsp3) is 0.400. The van der Waals surface area contributed by atoms with Gasteiger partial charge in [0.05, 0.1) is 6.54 Å². The van der Waals surface area contributed by atoms with Crippen LogP contribution >= 0.6 is 0 Å². The minimum atomic E-state index is -0.118. The van der Waals surface area contributed by atoms with Crippen molar-refractivity contribution >= 4 is 23.4 Å². The third-order valence-electron chi connectivity index (χ3n) is 3.24. The molecule has 1 aromatic carbocycles. The normalized spacial score (nSPS) is 15.1. The topological polar surface area (TPSA) is 66.5 Å². The molecule has 5 nitrogen and oxygen atoms in total. The summed E-state index contributed by atoms with van der Waals surface area (Å²) in [5, 5.41) is 2.79. The summed E-state index contributed by atoms with van der Waals surface area (Å²) in [7, 11) is 0. The molecule has 2 rings (SSSR count). The van der Waals surface area contributed by atoms with E-state index in [4.69, 9.17) is 0 Å². The van der Waals surface area contributed by atoms with Crippen molar-refractivity contribution in [2.75, 3.05) is 5.32 Å². The number of nitrogens with zero attached hydrogens (tertiary/aromatic N) is 1. The average Bonchev–Trinajstić information content (AvgIpc) is 2.72. The predicted octanol–water partition coefficient (Wildman–Crippen LogP) is 1.93. The molecule has 0 spiro atoms. The third-order valence-corrected chi connectivity index (χ3v) is 3.24. The lowest BCUT2D eigenvalue weighted by molar-refractivity contribution is -0.139. The monoisotopic (exact) mass is 274 g/mol. The van der Waals surface area contributed by atoms with Crippen LogP contribution < -0.4 is 5.32 Å². The van der Waals surface area contributed by atoms with Gasteiger partial charge in [-0.05, 0) is 17.7 Å². The number of likely N-dealkylation sites (tertiary alicyclic amines) is 1. The molecule has 3 amide bonds. The first-order valence-corrected chi connectivity index (χ1v) is 6.70. The lowest BCUT2D eigenvalue weighted by Crippen LogP contribution is -2.28. The molecule has 1 saturated heterocycles. The molecular weight excluding hydrogens is 256 g/mol. The van der Waals surface area contributed by atoms with Gasteiger partial charge in [0.25, 0.3) is 0 Å². The van der Waals surface area contributed by atoms with Gasteiger partial charge in [0.1, 0.15) is 0 Å². The largest absolute Gasteiger partial charge is 0.326 e. The summed E-state index contributed by atoms with van der Waals surface area (Å²) in [6, 6.07) is 7.19. The SMILES string of the molecule is CC(C)C(=O)Nc1ccc(CN2C(=O)CCC2=O)cc1. The van der Waals surface area contributed by atoms with Crippen LogP contribution in [0.25, 0.3) is 0 Å². The molecule has 0 saturated carbocycles. The lowest BCUT2D eigenvalue weighted by Gasteiger charge is -2.14. The Morgan fingerprint density at radius 3 is 2.20 bits per heavy atom. The minimum absolute atomic E-state index is 0.0392. The first-order valence-electron chi connectivity index (χ1n) is 6.70. The van der Waals surface area contributed by atoms with Crippen molar-refractivity contribution in [3.63, 3.8) is 0 Å². The highest BCUT2D eigenvalue weighted by Gasteiger charge is 2.28. The Hall–Kier alpha value is -2.17. The maximum atomic E-state index is 11.6. The zero-order valence-corrected chi connectivity index (χ0v) is 11.7. The van der Waals surface area contributed by atoms with Crippen LogP contribution in [0.2, 0.25) is 0 Å². The average molecular weight is 274 g/mol. The molecule has 106 valence electrons. The molecule has 1 fully saturated rings. The number of hydrogen-bond donors (Lipinski definition) is 1. The Balaban J connectivity index is 2.00. The Morgan fingerprint density at radius 1 is 1.15 bits per heavy atom. The molecule has 0 radical (unpaired) electrons. The summed E-state index contributed by atoms with van der Waals surface area (Å²) >= 11 is 0. The highest BCUT2D eigenvalue weighted by molar-refractivity contribution is 6.01. The number of hydrogen-bond acceptors (Lipinski definition) is 3. The summed E-state index contributed by atoms with van der Waals surface area (Å²) in [5.41, 5.74) is 1.59. The van der Waals surface area contributed by atoms with E-state index in [0.717, 1.165) is 5.56 Å². The Morgan fingerprint density at radius 2 is 1.70 bits per heavy atom. The second-order valence-corrected chi connectivity index (χ2v) is 5.21. The summed E-state index contributed by atoms with van der Waals surface area (Å²) < 4.78 is 0. The summed E-state index contributed by atoms with van der Waals surface area (Å²) in [4.78, 5) is 35.9. The number of amides is 3. The molecule has 1 aliphatic heterocycles. The molecule has 0 atom stereocenters. The molecule has 1 N–H and O–H groups in total. The van der Waals surface area contributed by atoms with Crippen LogP contribution in [-0.2, 0) is 20.9 Å². The fourth-order valence-corrected chi connectivity index (χ4v) is 1.96. The van der Waals surface area contributed by atoms with E-state index in [9.17, 15) is 14.4 Å². The standard InChI is InChI=1S/C15H18N2O3/c1-10(2)15(20)16-12-5-3-11(4-6-12)9-17-13(18)7-8-14(17)19/h3-6,10H,7-9H2,1-2H3,(H,16,20). The molecule has 1 heterocycles. The van der Waals surface area contributed by atoms with E-state index in [1.54, 1.807) is 12.1 Å². The molecule has 0 aliphatic carbocycles. The number of nitrogens with one attached hydrogen (secondary N) is 1. The molecule has 1 aliphatic rings. The van der Waals surface area contributed by atoms with Crippen LogP contribution in [0.4, 0.5) is 5.69 Å². The van der Waals surface area contributed by atoms with E-state index in [1.165, 1.54) is 4.90 Å². The van der Waals surface area contributed by atoms with Crippen LogP contribution in [-0.4, -0.2) is 22.6 Å². The highest BCUT2D eigenvalue weighted by atomic mass is 16.2. The van der Waals surface area contributed by atoms with Gasteiger partial charge in [-0.25, -0.2) is 0 Å². The zero-order valence-electron chi connectivity index (χ0n) is 11.7. The maximum Gasteiger partial charge on any atom is 0.229 e. The Labute approximate surface area is 118 Å². The number of imide groups is 1. The van der Waals surface area contributed by atoms with Gasteiger partial charge in [0.2, 0.25) is 17.7 Å². The van der Waals surface area contributed by atoms with Gasteiger partial charge < -0.3 is 5.32 Å². The fourth-order valence-electron chi connectivity index (χ4n) is 1.96. The van der Waals surface area contributed by atoms with Crippen molar-refractivity contribution in [2.24, 2.45) is 5.92 Å². The van der Waals surface area contributed by atoms with Gasteiger partial charge >= 0.3 is 0 Å². The second kappa shape index (κ2) is 5.86. The maximum absolute atomic E-state index is 11.6. The third kappa shape index (κ3) is 3.23. The van der Waals surface area contributed by atoms with Gasteiger partial charge in [-0.15, -0.1) is 0 Å². The molecule has 0 bridgehead atoms. The summed E-state index contributed by atoms with van der Waals surface area (Å²) in [6.45, 7) is 3.96. The zero-order chi connectivity index (χ0) is 14.7. The van der Waals surface area contributed by atoms with E-state index >= 15 is 0 Å². The van der Waals surface area contributed by atoms with E-state index in [1.807, 2.05) is 26.0 Å². The Bertz CT molecular complexity index is 519. The minimum Gasteiger partial charge on any atom is -0.326 e. The predicted molar refractivity (Wildman–Crippen MR) is 74.7 cm³/mol. The summed E-state index contributed by atoms with van der Waals surface area (Å²) in [5.74, 6) is -0.350. The van der Waals surface area contributed by atoms with Crippen LogP contribution in [0.15, 0.2) is 24.3 Å². The van der Waals surface area contributed by atoms with Crippen LogP contribution in [0.3, 0.4) is 0 Å². The van der Waals surface area contributed by atoms with Gasteiger partial charge in [0.15, 0.2) is 0 Å². The van der Waals surface area contributed by atoms with Crippen molar-refractivity contribution in [1.82, 2.24) is 4.90 Å². The van der Waals surface area contributed by atoms with Crippen molar-refractivity contribution in [3.05, 3.63) is 29.8 Å². The van der Waals surface area contributed by atoms with Gasteiger partial charge in [-0.3, -0.25) is 19.3 Å². The number of anilines is 1. The first-order chi connectivity index (χ1) is 9.47. The Kier molecular flexibility index (Phi) is 4.17. The van der Waals surface area contributed by atoms with Crippen LogP contribution in [0.5, 0.6) is 0 Å². The first kappa shape index (κ1) is 14.2. The number of carbonyl (C=O) groups excluding carboxylic acids is 3.